The Bertz CT molecular complexity index is 1240. The van der Waals surface area contributed by atoms with Crippen LogP contribution in [0.3, 0.4) is 0 Å². The van der Waals surface area contributed by atoms with Crippen LogP contribution in [-0.2, 0) is 35.5 Å². The molecule has 0 amide bonds. The highest BCUT2D eigenvalue weighted by Crippen LogP contribution is 2.53. The number of halogens is 1. The summed E-state index contributed by atoms with van der Waals surface area (Å²) in [6.45, 7) is 0.870. The summed E-state index contributed by atoms with van der Waals surface area (Å²) >= 11 is 6.13. The number of hydrogen-bond acceptors (Lipinski definition) is 6. The summed E-state index contributed by atoms with van der Waals surface area (Å²) < 4.78 is 29.2. The molecule has 0 saturated heterocycles. The van der Waals surface area contributed by atoms with Gasteiger partial charge in [-0.3, -0.25) is 0 Å². The smallest absolute Gasteiger partial charge is 0.259 e. The molecule has 5 rings (SSSR count). The maximum absolute atomic E-state index is 12.5. The molecule has 8 nitrogen and oxygen atoms in total. The number of rotatable bonds is 6. The number of nitrogens with one attached hydrogen (secondary N) is 2. The van der Waals surface area contributed by atoms with Crippen LogP contribution < -0.4 is 10.0 Å². The molecule has 0 bridgehead atoms. The number of aromatic nitrogens is 4. The first-order valence-corrected chi connectivity index (χ1v) is 12.6. The summed E-state index contributed by atoms with van der Waals surface area (Å²) in [7, 11) is -2.01. The average molecular weight is 473 g/mol. The molecule has 1 unspecified atom stereocenters. The second kappa shape index (κ2) is 8.22. The van der Waals surface area contributed by atoms with Crippen molar-refractivity contribution < 1.29 is 8.42 Å². The Labute approximate surface area is 192 Å². The first-order valence-electron chi connectivity index (χ1n) is 10.7. The molecule has 3 heterocycles. The van der Waals surface area contributed by atoms with Crippen molar-refractivity contribution in [2.24, 2.45) is 7.05 Å². The van der Waals surface area contributed by atoms with E-state index >= 15 is 0 Å². The minimum absolute atomic E-state index is 0.00680. The van der Waals surface area contributed by atoms with Crippen LogP contribution in [0.5, 0.6) is 0 Å². The maximum Gasteiger partial charge on any atom is 0.259 e. The molecule has 1 aliphatic carbocycles. The average Bonchev–Trinajstić information content (AvgIpc) is 3.20. The van der Waals surface area contributed by atoms with Gasteiger partial charge in [0.05, 0.1) is 24.6 Å². The van der Waals surface area contributed by atoms with E-state index in [1.807, 2.05) is 18.3 Å². The van der Waals surface area contributed by atoms with Crippen LogP contribution in [-0.4, -0.2) is 34.5 Å². The van der Waals surface area contributed by atoms with Crippen LogP contribution in [0.25, 0.3) is 0 Å². The number of fused-ring (bicyclic) bond motifs is 1. The summed E-state index contributed by atoms with van der Waals surface area (Å²) in [5, 5.41) is 4.39. The van der Waals surface area contributed by atoms with Crippen molar-refractivity contribution in [1.29, 1.82) is 0 Å². The Morgan fingerprint density at radius 2 is 2.03 bits per heavy atom. The van der Waals surface area contributed by atoms with Crippen molar-refractivity contribution in [3.05, 3.63) is 70.7 Å². The molecule has 0 spiro atoms. The van der Waals surface area contributed by atoms with Gasteiger partial charge in [-0.2, -0.15) is 0 Å². The fourth-order valence-electron chi connectivity index (χ4n) is 4.74. The van der Waals surface area contributed by atoms with E-state index in [-0.39, 0.29) is 23.0 Å². The standard InChI is InChI=1S/C22H25ClN6O2S/c1-29-13-19(26-14-29)32(30,31)27-12-18-25-11-15-7-10-24-21(20(15)28-18)22(8-2-9-22)16-3-5-17(23)6-4-16/h3-6,11,13-14,21,24,27H,2,7-10,12H2,1H3. The van der Waals surface area contributed by atoms with Crippen LogP contribution >= 0.6 is 11.6 Å². The molecule has 1 saturated carbocycles. The largest absolute Gasteiger partial charge is 0.339 e. The third-order valence-electron chi connectivity index (χ3n) is 6.56. The second-order valence-electron chi connectivity index (χ2n) is 8.55. The maximum atomic E-state index is 12.5. The fraction of sp³-hybridized carbons (Fsp3) is 0.409. The molecule has 10 heteroatoms. The van der Waals surface area contributed by atoms with E-state index in [1.54, 1.807) is 11.6 Å². The van der Waals surface area contributed by atoms with Gasteiger partial charge in [0.1, 0.15) is 5.82 Å². The van der Waals surface area contributed by atoms with Gasteiger partial charge in [0.25, 0.3) is 10.0 Å². The zero-order valence-corrected chi connectivity index (χ0v) is 19.3. The molecule has 168 valence electrons. The van der Waals surface area contributed by atoms with Crippen molar-refractivity contribution >= 4 is 21.6 Å². The lowest BCUT2D eigenvalue weighted by molar-refractivity contribution is 0.161. The molecular weight excluding hydrogens is 448 g/mol. The summed E-state index contributed by atoms with van der Waals surface area (Å²) in [5.41, 5.74) is 3.30. The molecule has 2 aromatic heterocycles. The molecule has 1 aliphatic heterocycles. The van der Waals surface area contributed by atoms with Crippen LogP contribution in [0, 0.1) is 0 Å². The lowest BCUT2D eigenvalue weighted by atomic mass is 9.58. The van der Waals surface area contributed by atoms with Crippen molar-refractivity contribution in [2.75, 3.05) is 6.54 Å². The lowest BCUT2D eigenvalue weighted by Gasteiger charge is -2.50. The molecule has 2 N–H and O–H groups in total. The van der Waals surface area contributed by atoms with E-state index in [0.29, 0.717) is 5.82 Å². The quantitative estimate of drug-likeness (QED) is 0.572. The minimum Gasteiger partial charge on any atom is -0.339 e. The highest BCUT2D eigenvalue weighted by molar-refractivity contribution is 7.89. The monoisotopic (exact) mass is 472 g/mol. The Morgan fingerprint density at radius 1 is 1.25 bits per heavy atom. The van der Waals surface area contributed by atoms with E-state index < -0.39 is 10.0 Å². The van der Waals surface area contributed by atoms with E-state index in [0.717, 1.165) is 48.5 Å². The Balaban J connectivity index is 1.43. The van der Waals surface area contributed by atoms with Gasteiger partial charge in [0, 0.05) is 29.9 Å². The molecule has 1 aromatic carbocycles. The van der Waals surface area contributed by atoms with Crippen LogP contribution in [0.15, 0.2) is 48.0 Å². The normalized spacial score (nSPS) is 19.9. The SMILES string of the molecule is Cn1cnc(S(=O)(=O)NCc2ncc3c(n2)C(C2(c4ccc(Cl)cc4)CCC2)NCC3)c1. The van der Waals surface area contributed by atoms with Gasteiger partial charge in [0.2, 0.25) is 0 Å². The minimum atomic E-state index is -3.73. The molecule has 1 atom stereocenters. The highest BCUT2D eigenvalue weighted by atomic mass is 35.5. The van der Waals surface area contributed by atoms with Crippen LogP contribution in [0.2, 0.25) is 5.02 Å². The molecule has 32 heavy (non-hydrogen) atoms. The first kappa shape index (κ1) is 21.5. The van der Waals surface area contributed by atoms with E-state index in [1.165, 1.54) is 18.1 Å². The van der Waals surface area contributed by atoms with Crippen molar-refractivity contribution in [2.45, 2.75) is 48.7 Å². The van der Waals surface area contributed by atoms with Crippen molar-refractivity contribution in [3.8, 4) is 0 Å². The number of sulfonamides is 1. The summed E-state index contributed by atoms with van der Waals surface area (Å²) in [4.78, 5) is 13.2. The van der Waals surface area contributed by atoms with E-state index in [9.17, 15) is 8.42 Å². The van der Waals surface area contributed by atoms with E-state index in [4.69, 9.17) is 16.6 Å². The predicted molar refractivity (Wildman–Crippen MR) is 121 cm³/mol. The van der Waals surface area contributed by atoms with Gasteiger partial charge in [-0.05, 0) is 49.1 Å². The third kappa shape index (κ3) is 3.83. The summed E-state index contributed by atoms with van der Waals surface area (Å²) in [5.74, 6) is 0.447. The molecule has 1 fully saturated rings. The molecule has 2 aliphatic rings. The van der Waals surface area contributed by atoms with Crippen molar-refractivity contribution in [1.82, 2.24) is 29.6 Å². The van der Waals surface area contributed by atoms with Gasteiger partial charge >= 0.3 is 0 Å². The van der Waals surface area contributed by atoms with Crippen LogP contribution in [0.4, 0.5) is 0 Å². The predicted octanol–water partition coefficient (Wildman–Crippen LogP) is 2.65. The van der Waals surface area contributed by atoms with Crippen LogP contribution in [0.1, 0.15) is 47.9 Å². The molecule has 0 radical (unpaired) electrons. The Hall–Kier alpha value is -2.33. The summed E-state index contributed by atoms with van der Waals surface area (Å²) in [6, 6.07) is 8.16. The lowest BCUT2D eigenvalue weighted by Crippen LogP contribution is -2.49. The third-order valence-corrected chi connectivity index (χ3v) is 8.10. The zero-order chi connectivity index (χ0) is 22.3. The van der Waals surface area contributed by atoms with Gasteiger partial charge in [-0.25, -0.2) is 28.1 Å². The number of imidazole rings is 1. The number of hydrogen-bond donors (Lipinski definition) is 2. The second-order valence-corrected chi connectivity index (χ2v) is 10.7. The first-order chi connectivity index (χ1) is 15.4. The topological polar surface area (TPSA) is 102 Å². The number of aryl methyl sites for hydroxylation is 1. The van der Waals surface area contributed by atoms with Gasteiger partial charge in [0.15, 0.2) is 5.03 Å². The molecular formula is C22H25ClN6O2S. The van der Waals surface area contributed by atoms with Gasteiger partial charge in [-0.1, -0.05) is 30.2 Å². The highest BCUT2D eigenvalue weighted by Gasteiger charge is 2.48. The van der Waals surface area contributed by atoms with Gasteiger partial charge in [-0.15, -0.1) is 0 Å². The molecule has 3 aromatic rings. The summed E-state index contributed by atoms with van der Waals surface area (Å²) in [6.07, 6.45) is 8.90. The van der Waals surface area contributed by atoms with Gasteiger partial charge < -0.3 is 9.88 Å². The van der Waals surface area contributed by atoms with E-state index in [2.05, 4.69) is 32.1 Å². The van der Waals surface area contributed by atoms with Crippen molar-refractivity contribution in [3.63, 3.8) is 0 Å². The number of nitrogens with zero attached hydrogens (tertiary/aromatic N) is 4. The Morgan fingerprint density at radius 3 is 2.69 bits per heavy atom. The zero-order valence-electron chi connectivity index (χ0n) is 17.8. The number of benzene rings is 1. The fourth-order valence-corrected chi connectivity index (χ4v) is 5.82. The Kier molecular flexibility index (Phi) is 5.53.